The second kappa shape index (κ2) is 5.78. The number of nitrogens with one attached hydrogen (secondary N) is 1. The Morgan fingerprint density at radius 3 is 2.65 bits per heavy atom. The Hall–Kier alpha value is -1.00. The SMILES string of the molecule is Cn1cc(CNc2ccc(Cl)cc2Br)c(C(C)(C)C)n1. The van der Waals surface area contributed by atoms with Crippen LogP contribution in [-0.2, 0) is 19.0 Å². The molecule has 3 nitrogen and oxygen atoms in total. The van der Waals surface area contributed by atoms with Crippen LogP contribution in [-0.4, -0.2) is 9.78 Å². The summed E-state index contributed by atoms with van der Waals surface area (Å²) in [6.07, 6.45) is 2.07. The highest BCUT2D eigenvalue weighted by Gasteiger charge is 2.21. The molecule has 0 unspecified atom stereocenters. The van der Waals surface area contributed by atoms with Gasteiger partial charge < -0.3 is 5.32 Å². The van der Waals surface area contributed by atoms with Gasteiger partial charge in [0, 0.05) is 46.0 Å². The second-order valence-electron chi connectivity index (χ2n) is 5.90. The highest BCUT2D eigenvalue weighted by Crippen LogP contribution is 2.28. The van der Waals surface area contributed by atoms with Gasteiger partial charge in [-0.05, 0) is 34.1 Å². The van der Waals surface area contributed by atoms with Gasteiger partial charge in [0.1, 0.15) is 0 Å². The van der Waals surface area contributed by atoms with Crippen LogP contribution in [0.2, 0.25) is 5.02 Å². The molecule has 2 rings (SSSR count). The number of benzene rings is 1. The minimum atomic E-state index is 0.0372. The number of anilines is 1. The molecule has 2 aromatic rings. The predicted octanol–water partition coefficient (Wildman–Crippen LogP) is 4.75. The molecular formula is C15H19BrClN3. The lowest BCUT2D eigenvalue weighted by atomic mass is 9.89. The van der Waals surface area contributed by atoms with E-state index in [-0.39, 0.29) is 5.41 Å². The van der Waals surface area contributed by atoms with Crippen molar-refractivity contribution in [3.63, 3.8) is 0 Å². The minimum absolute atomic E-state index is 0.0372. The zero-order valence-corrected chi connectivity index (χ0v) is 14.5. The first-order valence-corrected chi connectivity index (χ1v) is 7.66. The number of aromatic nitrogens is 2. The van der Waals surface area contributed by atoms with Gasteiger partial charge in [0.2, 0.25) is 0 Å². The molecule has 0 aliphatic rings. The second-order valence-corrected chi connectivity index (χ2v) is 7.20. The van der Waals surface area contributed by atoms with E-state index in [2.05, 4.69) is 53.3 Å². The average Bonchev–Trinajstić information content (AvgIpc) is 2.69. The Balaban J connectivity index is 2.19. The maximum absolute atomic E-state index is 5.95. The maximum Gasteiger partial charge on any atom is 0.0727 e. The molecule has 0 fully saturated rings. The van der Waals surface area contributed by atoms with E-state index >= 15 is 0 Å². The van der Waals surface area contributed by atoms with Crippen LogP contribution in [0.15, 0.2) is 28.9 Å². The van der Waals surface area contributed by atoms with Gasteiger partial charge >= 0.3 is 0 Å². The topological polar surface area (TPSA) is 29.9 Å². The largest absolute Gasteiger partial charge is 0.380 e. The van der Waals surface area contributed by atoms with E-state index in [0.717, 1.165) is 27.4 Å². The molecule has 20 heavy (non-hydrogen) atoms. The Bertz CT molecular complexity index is 614. The van der Waals surface area contributed by atoms with Gasteiger partial charge in [-0.15, -0.1) is 0 Å². The van der Waals surface area contributed by atoms with E-state index in [1.54, 1.807) is 0 Å². The van der Waals surface area contributed by atoms with Crippen LogP contribution in [0.3, 0.4) is 0 Å². The zero-order chi connectivity index (χ0) is 14.9. The van der Waals surface area contributed by atoms with Crippen LogP contribution < -0.4 is 5.32 Å². The third kappa shape index (κ3) is 3.55. The lowest BCUT2D eigenvalue weighted by molar-refractivity contribution is 0.549. The molecular weight excluding hydrogens is 338 g/mol. The molecule has 1 aromatic heterocycles. The standard InChI is InChI=1S/C15H19BrClN3/c1-15(2,3)14-10(9-20(4)19-14)8-18-13-6-5-11(17)7-12(13)16/h5-7,9,18H,8H2,1-4H3. The Labute approximate surface area is 133 Å². The normalized spacial score (nSPS) is 11.7. The fourth-order valence-corrected chi connectivity index (χ4v) is 2.94. The number of rotatable bonds is 3. The molecule has 0 saturated carbocycles. The molecule has 5 heteroatoms. The van der Waals surface area contributed by atoms with E-state index in [0.29, 0.717) is 0 Å². The molecule has 1 N–H and O–H groups in total. The van der Waals surface area contributed by atoms with Gasteiger partial charge in [-0.3, -0.25) is 4.68 Å². The van der Waals surface area contributed by atoms with Crippen LogP contribution in [0.1, 0.15) is 32.0 Å². The molecule has 0 aliphatic heterocycles. The summed E-state index contributed by atoms with van der Waals surface area (Å²) in [4.78, 5) is 0. The summed E-state index contributed by atoms with van der Waals surface area (Å²) in [6.45, 7) is 7.27. The van der Waals surface area contributed by atoms with Crippen LogP contribution >= 0.6 is 27.5 Å². The van der Waals surface area contributed by atoms with Crippen molar-refractivity contribution in [1.29, 1.82) is 0 Å². The van der Waals surface area contributed by atoms with E-state index < -0.39 is 0 Å². The summed E-state index contributed by atoms with van der Waals surface area (Å²) in [5, 5.41) is 8.72. The first-order chi connectivity index (χ1) is 9.27. The molecule has 1 heterocycles. The van der Waals surface area contributed by atoms with E-state index in [4.69, 9.17) is 11.6 Å². The summed E-state index contributed by atoms with van der Waals surface area (Å²) >= 11 is 9.47. The number of nitrogens with zero attached hydrogens (tertiary/aromatic N) is 2. The van der Waals surface area contributed by atoms with Gasteiger partial charge in [-0.2, -0.15) is 5.10 Å². The summed E-state index contributed by atoms with van der Waals surface area (Å²) in [5.41, 5.74) is 3.40. The van der Waals surface area contributed by atoms with Gasteiger partial charge in [-0.25, -0.2) is 0 Å². The smallest absolute Gasteiger partial charge is 0.0727 e. The molecule has 0 amide bonds. The Kier molecular flexibility index (Phi) is 4.45. The monoisotopic (exact) mass is 355 g/mol. The quantitative estimate of drug-likeness (QED) is 0.860. The van der Waals surface area contributed by atoms with Crippen molar-refractivity contribution in [2.45, 2.75) is 32.7 Å². The van der Waals surface area contributed by atoms with Crippen molar-refractivity contribution in [3.05, 3.63) is 45.1 Å². The number of hydrogen-bond acceptors (Lipinski definition) is 2. The first kappa shape index (κ1) is 15.4. The lowest BCUT2D eigenvalue weighted by Crippen LogP contribution is -2.16. The summed E-state index contributed by atoms with van der Waals surface area (Å²) in [7, 11) is 1.96. The minimum Gasteiger partial charge on any atom is -0.380 e. The van der Waals surface area contributed by atoms with Crippen LogP contribution in [0.4, 0.5) is 5.69 Å². The molecule has 0 aliphatic carbocycles. The third-order valence-corrected chi connectivity index (χ3v) is 3.91. The fraction of sp³-hybridized carbons (Fsp3) is 0.400. The van der Waals surface area contributed by atoms with Crippen LogP contribution in [0.5, 0.6) is 0 Å². The van der Waals surface area contributed by atoms with Crippen molar-refractivity contribution in [1.82, 2.24) is 9.78 Å². The van der Waals surface area contributed by atoms with Crippen LogP contribution in [0, 0.1) is 0 Å². The first-order valence-electron chi connectivity index (χ1n) is 6.49. The molecule has 0 saturated heterocycles. The highest BCUT2D eigenvalue weighted by atomic mass is 79.9. The molecule has 108 valence electrons. The van der Waals surface area contributed by atoms with Crippen molar-refractivity contribution in [3.8, 4) is 0 Å². The van der Waals surface area contributed by atoms with Gasteiger partial charge in [-0.1, -0.05) is 32.4 Å². The molecule has 1 aromatic carbocycles. The van der Waals surface area contributed by atoms with Gasteiger partial charge in [0.25, 0.3) is 0 Å². The van der Waals surface area contributed by atoms with Gasteiger partial charge in [0.15, 0.2) is 0 Å². The third-order valence-electron chi connectivity index (χ3n) is 3.02. The van der Waals surface area contributed by atoms with Crippen molar-refractivity contribution in [2.75, 3.05) is 5.32 Å². The highest BCUT2D eigenvalue weighted by molar-refractivity contribution is 9.10. The van der Waals surface area contributed by atoms with Crippen molar-refractivity contribution in [2.24, 2.45) is 7.05 Å². The molecule has 0 radical (unpaired) electrons. The van der Waals surface area contributed by atoms with E-state index in [1.807, 2.05) is 29.9 Å². The Morgan fingerprint density at radius 2 is 2.05 bits per heavy atom. The van der Waals surface area contributed by atoms with E-state index in [1.165, 1.54) is 5.56 Å². The van der Waals surface area contributed by atoms with Gasteiger partial charge in [0.05, 0.1) is 5.69 Å². The van der Waals surface area contributed by atoms with Crippen molar-refractivity contribution >= 4 is 33.2 Å². The predicted molar refractivity (Wildman–Crippen MR) is 88.4 cm³/mol. The zero-order valence-electron chi connectivity index (χ0n) is 12.2. The van der Waals surface area contributed by atoms with E-state index in [9.17, 15) is 0 Å². The van der Waals surface area contributed by atoms with Crippen molar-refractivity contribution < 1.29 is 0 Å². The fourth-order valence-electron chi connectivity index (χ4n) is 2.12. The summed E-state index contributed by atoms with van der Waals surface area (Å²) in [5.74, 6) is 0. The number of halogens is 2. The summed E-state index contributed by atoms with van der Waals surface area (Å²) < 4.78 is 2.83. The van der Waals surface area contributed by atoms with Crippen LogP contribution in [0.25, 0.3) is 0 Å². The maximum atomic E-state index is 5.95. The lowest BCUT2D eigenvalue weighted by Gasteiger charge is -2.18. The molecule has 0 atom stereocenters. The number of hydrogen-bond donors (Lipinski definition) is 1. The Morgan fingerprint density at radius 1 is 1.35 bits per heavy atom. The molecule has 0 bridgehead atoms. The molecule has 0 spiro atoms. The summed E-state index contributed by atoms with van der Waals surface area (Å²) in [6, 6.07) is 5.74. The average molecular weight is 357 g/mol. The number of aryl methyl sites for hydroxylation is 1.